The number of anilines is 1. The third kappa shape index (κ3) is 5.01. The van der Waals surface area contributed by atoms with E-state index in [0.717, 1.165) is 11.3 Å². The molecule has 3 aromatic rings. The van der Waals surface area contributed by atoms with Crippen molar-refractivity contribution in [2.45, 2.75) is 13.0 Å². The maximum atomic E-state index is 12.3. The number of hydrogen-bond acceptors (Lipinski definition) is 5. The Kier molecular flexibility index (Phi) is 5.98. The minimum absolute atomic E-state index is 0.176. The molecule has 2 N–H and O–H groups in total. The van der Waals surface area contributed by atoms with Gasteiger partial charge in [-0.15, -0.1) is 11.3 Å². The molecule has 5 nitrogen and oxygen atoms in total. The van der Waals surface area contributed by atoms with Gasteiger partial charge >= 0.3 is 0 Å². The number of nitrogens with one attached hydrogen (secondary N) is 2. The molecule has 0 aliphatic carbocycles. The van der Waals surface area contributed by atoms with Gasteiger partial charge in [-0.3, -0.25) is 4.79 Å². The highest BCUT2D eigenvalue weighted by Crippen LogP contribution is 2.15. The lowest BCUT2D eigenvalue weighted by molar-refractivity contribution is 0.0946. The molecule has 0 bridgehead atoms. The van der Waals surface area contributed by atoms with Crippen molar-refractivity contribution in [3.05, 3.63) is 75.2 Å². The Morgan fingerprint density at radius 1 is 1.16 bits per heavy atom. The van der Waals surface area contributed by atoms with Gasteiger partial charge in [0, 0.05) is 11.4 Å². The van der Waals surface area contributed by atoms with E-state index in [0.29, 0.717) is 19.0 Å². The molecule has 0 radical (unpaired) electrons. The quantitative estimate of drug-likeness (QED) is 0.662. The molecule has 0 spiro atoms. The van der Waals surface area contributed by atoms with Gasteiger partial charge < -0.3 is 10.6 Å². The molecule has 0 unspecified atom stereocenters. The van der Waals surface area contributed by atoms with E-state index in [1.165, 1.54) is 11.8 Å². The third-order valence-electron chi connectivity index (χ3n) is 3.50. The number of benzene rings is 1. The van der Waals surface area contributed by atoms with Crippen LogP contribution in [-0.4, -0.2) is 22.4 Å². The zero-order chi connectivity index (χ0) is 17.5. The van der Waals surface area contributed by atoms with Crippen LogP contribution in [0.5, 0.6) is 0 Å². The van der Waals surface area contributed by atoms with Crippen molar-refractivity contribution in [2.75, 3.05) is 11.9 Å². The molecule has 7 heteroatoms. The van der Waals surface area contributed by atoms with Crippen LogP contribution in [0.3, 0.4) is 0 Å². The molecule has 0 aliphatic heterocycles. The average molecular weight is 373 g/mol. The van der Waals surface area contributed by atoms with E-state index >= 15 is 0 Å². The number of amides is 1. The number of hydrogen-bond donors (Lipinski definition) is 2. The molecule has 25 heavy (non-hydrogen) atoms. The second-order valence-electron chi connectivity index (χ2n) is 5.31. The van der Waals surface area contributed by atoms with Crippen LogP contribution in [0.1, 0.15) is 20.9 Å². The number of thiophene rings is 1. The fraction of sp³-hybridized carbons (Fsp3) is 0.167. The lowest BCUT2D eigenvalue weighted by Gasteiger charge is -2.08. The van der Waals surface area contributed by atoms with E-state index in [1.54, 1.807) is 11.3 Å². The second-order valence-corrected chi connectivity index (χ2v) is 6.75. The SMILES string of the molecule is O=C(NCc1cccs1)c1nc(NCCc2ccccc2)ncc1Cl. The standard InChI is InChI=1S/C18H17ClN4OS/c19-15-12-22-18(20-9-8-13-5-2-1-3-6-13)23-16(15)17(24)21-11-14-7-4-10-25-14/h1-7,10,12H,8-9,11H2,(H,21,24)(H,20,22,23). The van der Waals surface area contributed by atoms with Crippen LogP contribution in [0.2, 0.25) is 5.02 Å². The molecular weight excluding hydrogens is 356 g/mol. The first kappa shape index (κ1) is 17.4. The lowest BCUT2D eigenvalue weighted by Crippen LogP contribution is -2.24. The lowest BCUT2D eigenvalue weighted by atomic mass is 10.1. The normalized spacial score (nSPS) is 10.4. The van der Waals surface area contributed by atoms with Crippen LogP contribution in [0.25, 0.3) is 0 Å². The van der Waals surface area contributed by atoms with E-state index < -0.39 is 0 Å². The molecule has 128 valence electrons. The molecule has 2 heterocycles. The predicted octanol–water partition coefficient (Wildman–Crippen LogP) is 3.78. The molecule has 0 aliphatic rings. The highest BCUT2D eigenvalue weighted by Gasteiger charge is 2.14. The van der Waals surface area contributed by atoms with Crippen molar-refractivity contribution < 1.29 is 4.79 Å². The fourth-order valence-corrected chi connectivity index (χ4v) is 3.06. The van der Waals surface area contributed by atoms with Crippen molar-refractivity contribution in [3.8, 4) is 0 Å². The average Bonchev–Trinajstić information content (AvgIpc) is 3.15. The molecule has 1 amide bonds. The van der Waals surface area contributed by atoms with Crippen LogP contribution in [0, 0.1) is 0 Å². The van der Waals surface area contributed by atoms with Crippen molar-refractivity contribution in [1.82, 2.24) is 15.3 Å². The van der Waals surface area contributed by atoms with Gasteiger partial charge in [0.2, 0.25) is 5.95 Å². The first-order chi connectivity index (χ1) is 12.2. The monoisotopic (exact) mass is 372 g/mol. The van der Waals surface area contributed by atoms with Crippen LogP contribution in [-0.2, 0) is 13.0 Å². The molecule has 0 saturated heterocycles. The predicted molar refractivity (Wildman–Crippen MR) is 101 cm³/mol. The summed E-state index contributed by atoms with van der Waals surface area (Å²) >= 11 is 7.65. The first-order valence-electron chi connectivity index (χ1n) is 7.83. The van der Waals surface area contributed by atoms with Crippen molar-refractivity contribution >= 4 is 34.8 Å². The molecule has 2 aromatic heterocycles. The Bertz CT molecular complexity index is 824. The van der Waals surface area contributed by atoms with Gasteiger partial charge in [0.05, 0.1) is 17.8 Å². The Morgan fingerprint density at radius 3 is 2.76 bits per heavy atom. The summed E-state index contributed by atoms with van der Waals surface area (Å²) in [6.07, 6.45) is 2.28. The molecule has 1 aromatic carbocycles. The third-order valence-corrected chi connectivity index (χ3v) is 4.66. The topological polar surface area (TPSA) is 66.9 Å². The molecule has 0 saturated carbocycles. The maximum absolute atomic E-state index is 12.3. The summed E-state index contributed by atoms with van der Waals surface area (Å²) < 4.78 is 0. The smallest absolute Gasteiger partial charge is 0.271 e. The van der Waals surface area contributed by atoms with Gasteiger partial charge in [0.25, 0.3) is 5.91 Å². The Balaban J connectivity index is 1.58. The van der Waals surface area contributed by atoms with Crippen LogP contribution in [0.4, 0.5) is 5.95 Å². The van der Waals surface area contributed by atoms with Crippen molar-refractivity contribution in [3.63, 3.8) is 0 Å². The van der Waals surface area contributed by atoms with Crippen LogP contribution in [0.15, 0.2) is 54.0 Å². The Labute approximate surface area is 155 Å². The Morgan fingerprint density at radius 2 is 2.00 bits per heavy atom. The Hall–Kier alpha value is -2.44. The minimum Gasteiger partial charge on any atom is -0.354 e. The van der Waals surface area contributed by atoms with Crippen molar-refractivity contribution in [1.29, 1.82) is 0 Å². The van der Waals surface area contributed by atoms with E-state index in [1.807, 2.05) is 35.7 Å². The first-order valence-corrected chi connectivity index (χ1v) is 9.09. The molecule has 0 atom stereocenters. The molecule has 3 rings (SSSR count). The second kappa shape index (κ2) is 8.60. The van der Waals surface area contributed by atoms with Gasteiger partial charge in [0.15, 0.2) is 5.69 Å². The van der Waals surface area contributed by atoms with Gasteiger partial charge in [-0.25, -0.2) is 9.97 Å². The minimum atomic E-state index is -0.313. The number of halogens is 1. The summed E-state index contributed by atoms with van der Waals surface area (Å²) in [5.74, 6) is 0.0773. The molecule has 0 fully saturated rings. The highest BCUT2D eigenvalue weighted by molar-refractivity contribution is 7.09. The molecular formula is C18H17ClN4OS. The summed E-state index contributed by atoms with van der Waals surface area (Å²) in [5.41, 5.74) is 1.40. The van der Waals surface area contributed by atoms with Gasteiger partial charge in [-0.05, 0) is 23.4 Å². The number of aromatic nitrogens is 2. The fourth-order valence-electron chi connectivity index (χ4n) is 2.24. The van der Waals surface area contributed by atoms with Crippen LogP contribution >= 0.6 is 22.9 Å². The van der Waals surface area contributed by atoms with E-state index in [4.69, 9.17) is 11.6 Å². The summed E-state index contributed by atoms with van der Waals surface area (Å²) in [6.45, 7) is 1.12. The zero-order valence-electron chi connectivity index (χ0n) is 13.4. The maximum Gasteiger partial charge on any atom is 0.271 e. The number of rotatable bonds is 7. The van der Waals surface area contributed by atoms with E-state index in [-0.39, 0.29) is 16.6 Å². The summed E-state index contributed by atoms with van der Waals surface area (Å²) in [5, 5.41) is 8.15. The van der Waals surface area contributed by atoms with E-state index in [9.17, 15) is 4.79 Å². The summed E-state index contributed by atoms with van der Waals surface area (Å²) in [7, 11) is 0. The number of nitrogens with zero attached hydrogens (tertiary/aromatic N) is 2. The van der Waals surface area contributed by atoms with Gasteiger partial charge in [-0.1, -0.05) is 48.0 Å². The van der Waals surface area contributed by atoms with Gasteiger partial charge in [-0.2, -0.15) is 0 Å². The summed E-state index contributed by atoms with van der Waals surface area (Å²) in [4.78, 5) is 21.7. The number of carbonyl (C=O) groups excluding carboxylic acids is 1. The van der Waals surface area contributed by atoms with Gasteiger partial charge in [0.1, 0.15) is 0 Å². The summed E-state index contributed by atoms with van der Waals surface area (Å²) in [6, 6.07) is 14.0. The number of carbonyl (C=O) groups is 1. The highest BCUT2D eigenvalue weighted by atomic mass is 35.5. The van der Waals surface area contributed by atoms with Crippen molar-refractivity contribution in [2.24, 2.45) is 0 Å². The largest absolute Gasteiger partial charge is 0.354 e. The van der Waals surface area contributed by atoms with E-state index in [2.05, 4.69) is 32.7 Å². The zero-order valence-corrected chi connectivity index (χ0v) is 15.0. The van der Waals surface area contributed by atoms with Crippen LogP contribution < -0.4 is 10.6 Å².